The molecular weight excluding hydrogens is 356 g/mol. The number of H-pyrrole nitrogens is 2. The molecule has 0 amide bonds. The summed E-state index contributed by atoms with van der Waals surface area (Å²) in [7, 11) is 0. The number of aromatic nitrogens is 10. The van der Waals surface area contributed by atoms with Crippen LogP contribution in [0.15, 0.2) is 61.2 Å². The fourth-order valence-electron chi connectivity index (χ4n) is 2.62. The molecule has 0 atom stereocenters. The van der Waals surface area contributed by atoms with Crippen LogP contribution in [0.5, 0.6) is 0 Å². The summed E-state index contributed by atoms with van der Waals surface area (Å²) in [5.41, 5.74) is 1.64. The number of hydrogen-bond acceptors (Lipinski definition) is 8. The number of nitrogens with one attached hydrogen (secondary N) is 2. The van der Waals surface area contributed by atoms with Crippen LogP contribution in [0.4, 0.5) is 0 Å². The molecule has 0 saturated heterocycles. The molecule has 0 aliphatic carbocycles. The molecule has 4 aromatic heterocycles. The number of nitrogens with zero attached hydrogens (tertiary/aromatic N) is 8. The van der Waals surface area contributed by atoms with Gasteiger partial charge in [-0.3, -0.25) is 10.2 Å². The van der Waals surface area contributed by atoms with Crippen molar-refractivity contribution in [3.05, 3.63) is 61.2 Å². The molecule has 5 rings (SSSR count). The van der Waals surface area contributed by atoms with Gasteiger partial charge in [0, 0.05) is 35.9 Å². The van der Waals surface area contributed by atoms with E-state index >= 15 is 0 Å². The topological polar surface area (TPSA) is 135 Å². The average Bonchev–Trinajstić information content (AvgIpc) is 3.46. The highest BCUT2D eigenvalue weighted by atomic mass is 15.2. The molecule has 0 spiro atoms. The van der Waals surface area contributed by atoms with Crippen molar-refractivity contribution in [1.82, 2.24) is 50.3 Å². The van der Waals surface area contributed by atoms with Crippen molar-refractivity contribution in [1.29, 1.82) is 0 Å². The van der Waals surface area contributed by atoms with Gasteiger partial charge < -0.3 is 0 Å². The summed E-state index contributed by atoms with van der Waals surface area (Å²) in [6.07, 6.45) is 6.62. The average molecular weight is 368 g/mol. The maximum Gasteiger partial charge on any atom is 0.197 e. The SMILES string of the molecule is c1cnc(-c2nc(-c3cccc(-c4n[nH]c(-c5ncccn5)n4)c3)n[nH]2)nc1. The molecular formula is C18H12N10. The Labute approximate surface area is 158 Å². The lowest BCUT2D eigenvalue weighted by molar-refractivity contribution is 1.06. The van der Waals surface area contributed by atoms with E-state index in [0.717, 1.165) is 11.1 Å². The van der Waals surface area contributed by atoms with Crippen LogP contribution in [0.3, 0.4) is 0 Å². The van der Waals surface area contributed by atoms with Crippen LogP contribution in [0, 0.1) is 0 Å². The van der Waals surface area contributed by atoms with E-state index < -0.39 is 0 Å². The van der Waals surface area contributed by atoms with Crippen LogP contribution >= 0.6 is 0 Å². The van der Waals surface area contributed by atoms with Gasteiger partial charge in [-0.25, -0.2) is 29.9 Å². The van der Waals surface area contributed by atoms with Crippen LogP contribution < -0.4 is 0 Å². The van der Waals surface area contributed by atoms with Crippen LogP contribution in [0.25, 0.3) is 46.1 Å². The molecule has 0 aliphatic heterocycles. The first-order chi connectivity index (χ1) is 13.9. The standard InChI is InChI=1S/C18H12N10/c1-4-11(13-23-17(27-25-13)15-19-6-2-7-20-15)10-12(5-1)14-24-18(28-26-14)16-21-8-3-9-22-16/h1-10H,(H,23,25,27)(H,24,26,28). The maximum absolute atomic E-state index is 4.48. The molecule has 2 N–H and O–H groups in total. The first-order valence-electron chi connectivity index (χ1n) is 8.37. The van der Waals surface area contributed by atoms with Crippen LogP contribution in [-0.2, 0) is 0 Å². The Morgan fingerprint density at radius 2 is 1.00 bits per heavy atom. The van der Waals surface area contributed by atoms with Crippen molar-refractivity contribution < 1.29 is 0 Å². The van der Waals surface area contributed by atoms with Gasteiger partial charge in [-0.1, -0.05) is 18.2 Å². The zero-order valence-corrected chi connectivity index (χ0v) is 14.4. The minimum atomic E-state index is 0.485. The first kappa shape index (κ1) is 15.9. The third kappa shape index (κ3) is 2.98. The van der Waals surface area contributed by atoms with Crippen molar-refractivity contribution >= 4 is 0 Å². The maximum atomic E-state index is 4.48. The predicted octanol–water partition coefficient (Wildman–Crippen LogP) is 2.17. The molecule has 0 saturated carbocycles. The van der Waals surface area contributed by atoms with Crippen molar-refractivity contribution in [3.63, 3.8) is 0 Å². The first-order valence-corrected chi connectivity index (χ1v) is 8.37. The van der Waals surface area contributed by atoms with Crippen LogP contribution in [0.1, 0.15) is 0 Å². The van der Waals surface area contributed by atoms with Gasteiger partial charge in [-0.2, -0.15) is 10.2 Å². The van der Waals surface area contributed by atoms with Crippen LogP contribution in [0.2, 0.25) is 0 Å². The quantitative estimate of drug-likeness (QED) is 0.493. The Morgan fingerprint density at radius 1 is 0.536 bits per heavy atom. The minimum Gasteiger partial charge on any atom is -0.256 e. The van der Waals surface area contributed by atoms with Gasteiger partial charge in [0.2, 0.25) is 0 Å². The van der Waals surface area contributed by atoms with E-state index in [9.17, 15) is 0 Å². The van der Waals surface area contributed by atoms with Gasteiger partial charge in [0.25, 0.3) is 0 Å². The summed E-state index contributed by atoms with van der Waals surface area (Å²) >= 11 is 0. The molecule has 4 heterocycles. The van der Waals surface area contributed by atoms with Gasteiger partial charge in [0.15, 0.2) is 34.9 Å². The van der Waals surface area contributed by atoms with Gasteiger partial charge in [0.1, 0.15) is 0 Å². The highest BCUT2D eigenvalue weighted by molar-refractivity contribution is 5.67. The van der Waals surface area contributed by atoms with Crippen molar-refractivity contribution in [3.8, 4) is 46.1 Å². The van der Waals surface area contributed by atoms with Gasteiger partial charge in [-0.15, -0.1) is 0 Å². The summed E-state index contributed by atoms with van der Waals surface area (Å²) in [6.45, 7) is 0. The second-order valence-electron chi connectivity index (χ2n) is 5.74. The Morgan fingerprint density at radius 3 is 1.46 bits per heavy atom. The van der Waals surface area contributed by atoms with Gasteiger partial charge >= 0.3 is 0 Å². The number of benzene rings is 1. The molecule has 0 fully saturated rings. The summed E-state index contributed by atoms with van der Waals surface area (Å²) in [5.74, 6) is 3.04. The Bertz CT molecular complexity index is 1120. The zero-order chi connectivity index (χ0) is 18.8. The third-order valence-corrected chi connectivity index (χ3v) is 3.90. The van der Waals surface area contributed by atoms with Gasteiger partial charge in [0.05, 0.1) is 0 Å². The fourth-order valence-corrected chi connectivity index (χ4v) is 2.62. The summed E-state index contributed by atoms with van der Waals surface area (Å²) < 4.78 is 0. The van der Waals surface area contributed by atoms with E-state index in [0.29, 0.717) is 34.9 Å². The Hall–Kier alpha value is -4.34. The van der Waals surface area contributed by atoms with E-state index in [2.05, 4.69) is 50.3 Å². The predicted molar refractivity (Wildman–Crippen MR) is 99.2 cm³/mol. The Kier molecular flexibility index (Phi) is 3.83. The number of aromatic amines is 2. The summed E-state index contributed by atoms with van der Waals surface area (Å²) in [6, 6.07) is 11.1. The lowest BCUT2D eigenvalue weighted by atomic mass is 10.1. The Balaban J connectivity index is 1.46. The van der Waals surface area contributed by atoms with Crippen molar-refractivity contribution in [2.75, 3.05) is 0 Å². The molecule has 10 heteroatoms. The van der Waals surface area contributed by atoms with E-state index in [1.165, 1.54) is 0 Å². The molecule has 0 radical (unpaired) electrons. The third-order valence-electron chi connectivity index (χ3n) is 3.90. The largest absolute Gasteiger partial charge is 0.256 e. The lowest BCUT2D eigenvalue weighted by Crippen LogP contribution is -1.89. The van der Waals surface area contributed by atoms with E-state index in [1.807, 2.05) is 24.3 Å². The molecule has 1 aromatic carbocycles. The zero-order valence-electron chi connectivity index (χ0n) is 14.4. The normalized spacial score (nSPS) is 10.9. The summed E-state index contributed by atoms with van der Waals surface area (Å²) in [4.78, 5) is 25.6. The molecule has 134 valence electrons. The lowest BCUT2D eigenvalue weighted by Gasteiger charge is -1.98. The van der Waals surface area contributed by atoms with Crippen LogP contribution in [-0.4, -0.2) is 50.3 Å². The smallest absolute Gasteiger partial charge is 0.197 e. The molecule has 5 aromatic rings. The second-order valence-corrected chi connectivity index (χ2v) is 5.74. The van der Waals surface area contributed by atoms with E-state index in [-0.39, 0.29) is 0 Å². The van der Waals surface area contributed by atoms with E-state index in [4.69, 9.17) is 0 Å². The number of rotatable bonds is 4. The number of hydrogen-bond donors (Lipinski definition) is 2. The van der Waals surface area contributed by atoms with Crippen molar-refractivity contribution in [2.24, 2.45) is 0 Å². The highest BCUT2D eigenvalue weighted by Crippen LogP contribution is 2.24. The fraction of sp³-hybridized carbons (Fsp3) is 0. The second kappa shape index (κ2) is 6.76. The van der Waals surface area contributed by atoms with Crippen molar-refractivity contribution in [2.45, 2.75) is 0 Å². The highest BCUT2D eigenvalue weighted by Gasteiger charge is 2.13. The molecule has 10 nitrogen and oxygen atoms in total. The molecule has 0 bridgehead atoms. The minimum absolute atomic E-state index is 0.485. The molecule has 0 unspecified atom stereocenters. The van der Waals surface area contributed by atoms with Gasteiger partial charge in [-0.05, 0) is 18.2 Å². The monoisotopic (exact) mass is 368 g/mol. The molecule has 0 aliphatic rings. The molecule has 28 heavy (non-hydrogen) atoms. The van der Waals surface area contributed by atoms with E-state index in [1.54, 1.807) is 36.9 Å². The summed E-state index contributed by atoms with van der Waals surface area (Å²) in [5, 5.41) is 14.3.